The molecule has 25 heavy (non-hydrogen) atoms. The number of rotatable bonds is 5. The smallest absolute Gasteiger partial charge is 0.227 e. The third kappa shape index (κ3) is 3.68. The van der Waals surface area contributed by atoms with Crippen molar-refractivity contribution in [1.82, 2.24) is 4.90 Å². The number of carbonyl (C=O) groups excluding carboxylic acids is 1. The number of furan rings is 1. The van der Waals surface area contributed by atoms with Crippen LogP contribution in [0.3, 0.4) is 0 Å². The second-order valence-corrected chi connectivity index (χ2v) is 10.4. The van der Waals surface area contributed by atoms with Crippen molar-refractivity contribution in [3.63, 3.8) is 0 Å². The Balaban J connectivity index is 1.84. The zero-order chi connectivity index (χ0) is 18.4. The molecule has 1 saturated heterocycles. The van der Waals surface area contributed by atoms with Crippen molar-refractivity contribution in [3.8, 4) is 0 Å². The molecule has 0 radical (unpaired) electrons. The maximum absolute atomic E-state index is 13.3. The summed E-state index contributed by atoms with van der Waals surface area (Å²) in [6, 6.07) is 3.36. The van der Waals surface area contributed by atoms with Gasteiger partial charge >= 0.3 is 0 Å². The number of amides is 1. The van der Waals surface area contributed by atoms with E-state index in [-0.39, 0.29) is 40.7 Å². The van der Waals surface area contributed by atoms with Crippen molar-refractivity contribution in [1.29, 1.82) is 0 Å². The highest BCUT2D eigenvalue weighted by Crippen LogP contribution is 2.60. The molecule has 3 rings (SSSR count). The van der Waals surface area contributed by atoms with Crippen LogP contribution in [0.5, 0.6) is 0 Å². The van der Waals surface area contributed by atoms with Crippen LogP contribution >= 0.6 is 0 Å². The van der Waals surface area contributed by atoms with Crippen molar-refractivity contribution in [2.45, 2.75) is 46.7 Å². The molecule has 5 nitrogen and oxygen atoms in total. The van der Waals surface area contributed by atoms with Gasteiger partial charge in [-0.05, 0) is 43.7 Å². The molecule has 2 aliphatic rings. The third-order valence-corrected chi connectivity index (χ3v) is 7.28. The summed E-state index contributed by atoms with van der Waals surface area (Å²) in [5.41, 5.74) is 1.11. The van der Waals surface area contributed by atoms with Crippen LogP contribution in [0.4, 0.5) is 0 Å². The van der Waals surface area contributed by atoms with Gasteiger partial charge in [0.25, 0.3) is 0 Å². The lowest BCUT2D eigenvalue weighted by Gasteiger charge is -2.28. The van der Waals surface area contributed by atoms with Crippen LogP contribution in [-0.2, 0) is 21.2 Å². The predicted octanol–water partition coefficient (Wildman–Crippen LogP) is 3.03. The highest BCUT2D eigenvalue weighted by molar-refractivity contribution is 7.91. The topological polar surface area (TPSA) is 67.6 Å². The van der Waals surface area contributed by atoms with Crippen LogP contribution < -0.4 is 0 Å². The Morgan fingerprint density at radius 1 is 1.40 bits per heavy atom. The molecule has 138 valence electrons. The van der Waals surface area contributed by atoms with Gasteiger partial charge in [0.15, 0.2) is 9.84 Å². The summed E-state index contributed by atoms with van der Waals surface area (Å²) >= 11 is 0. The van der Waals surface area contributed by atoms with Gasteiger partial charge in [-0.15, -0.1) is 0 Å². The lowest BCUT2D eigenvalue weighted by molar-refractivity contribution is -0.136. The molecule has 0 N–H and O–H groups in total. The van der Waals surface area contributed by atoms with Gasteiger partial charge in [0.2, 0.25) is 5.91 Å². The summed E-state index contributed by atoms with van der Waals surface area (Å²) in [4.78, 5) is 15.0. The fourth-order valence-electron chi connectivity index (χ4n) is 3.98. The molecule has 2 fully saturated rings. The summed E-state index contributed by atoms with van der Waals surface area (Å²) in [5, 5.41) is 0. The van der Waals surface area contributed by atoms with Crippen LogP contribution in [0, 0.1) is 17.3 Å². The molecular formula is C19H27NO4S. The van der Waals surface area contributed by atoms with Gasteiger partial charge in [0.1, 0.15) is 5.76 Å². The minimum absolute atomic E-state index is 0.0472. The number of sulfone groups is 1. The Morgan fingerprint density at radius 3 is 2.64 bits per heavy atom. The third-order valence-electron chi connectivity index (χ3n) is 5.53. The normalized spacial score (nSPS) is 29.2. The number of allylic oxidation sites excluding steroid dienone is 2. The Morgan fingerprint density at radius 2 is 2.12 bits per heavy atom. The van der Waals surface area contributed by atoms with Gasteiger partial charge < -0.3 is 9.32 Å². The van der Waals surface area contributed by atoms with Crippen molar-refractivity contribution in [3.05, 3.63) is 35.8 Å². The highest BCUT2D eigenvalue weighted by Gasteiger charge is 2.61. The summed E-state index contributed by atoms with van der Waals surface area (Å²) in [6.07, 6.45) is 4.25. The standard InChI is InChI=1S/C19H27NO4S/c1-13(2)10-16-17(19(16,3)4)18(21)20(11-15-6-5-8-24-15)14-7-9-25(22,23)12-14/h5-6,8,10,14,16-17H,7,9,11-12H2,1-4H3/t14-,16+,17-/m0/s1. The van der Waals surface area contributed by atoms with E-state index in [1.807, 2.05) is 19.9 Å². The second-order valence-electron chi connectivity index (χ2n) is 8.17. The molecule has 1 aromatic heterocycles. The van der Waals surface area contributed by atoms with Crippen LogP contribution in [-0.4, -0.2) is 36.8 Å². The van der Waals surface area contributed by atoms with E-state index in [0.29, 0.717) is 18.7 Å². The minimum atomic E-state index is -3.06. The lowest BCUT2D eigenvalue weighted by atomic mass is 10.1. The van der Waals surface area contributed by atoms with Crippen LogP contribution in [0.15, 0.2) is 34.5 Å². The maximum atomic E-state index is 13.3. The number of hydrogen-bond donors (Lipinski definition) is 0. The van der Waals surface area contributed by atoms with Crippen molar-refractivity contribution < 1.29 is 17.6 Å². The van der Waals surface area contributed by atoms with Crippen LogP contribution in [0.1, 0.15) is 39.9 Å². The average molecular weight is 365 g/mol. The molecule has 2 heterocycles. The second kappa shape index (κ2) is 6.31. The largest absolute Gasteiger partial charge is 0.467 e. The van der Waals surface area contributed by atoms with Crippen LogP contribution in [0.2, 0.25) is 0 Å². The summed E-state index contributed by atoms with van der Waals surface area (Å²) < 4.78 is 29.3. The SMILES string of the molecule is CC(C)=C[C@@H]1[C@@H](C(=O)N(Cc2ccco2)[C@H]2CCS(=O)(=O)C2)C1(C)C. The first-order valence-electron chi connectivity index (χ1n) is 8.80. The van der Waals surface area contributed by atoms with E-state index in [9.17, 15) is 13.2 Å². The van der Waals surface area contributed by atoms with E-state index in [0.717, 1.165) is 0 Å². The Kier molecular flexibility index (Phi) is 4.60. The van der Waals surface area contributed by atoms with Crippen molar-refractivity contribution in [2.75, 3.05) is 11.5 Å². The van der Waals surface area contributed by atoms with Gasteiger partial charge in [-0.25, -0.2) is 8.42 Å². The Labute approximate surface area is 150 Å². The Bertz CT molecular complexity index is 772. The number of nitrogens with zero attached hydrogens (tertiary/aromatic N) is 1. The van der Waals surface area contributed by atoms with Gasteiger partial charge in [0, 0.05) is 6.04 Å². The first-order chi connectivity index (χ1) is 11.6. The zero-order valence-corrected chi connectivity index (χ0v) is 16.2. The van der Waals surface area contributed by atoms with E-state index in [2.05, 4.69) is 19.9 Å². The molecule has 0 spiro atoms. The van der Waals surface area contributed by atoms with Crippen molar-refractivity contribution in [2.24, 2.45) is 17.3 Å². The zero-order valence-electron chi connectivity index (χ0n) is 15.4. The molecule has 3 atom stereocenters. The molecule has 6 heteroatoms. The van der Waals surface area contributed by atoms with Crippen LogP contribution in [0.25, 0.3) is 0 Å². The molecule has 1 aliphatic heterocycles. The monoisotopic (exact) mass is 365 g/mol. The molecule has 0 unspecified atom stereocenters. The maximum Gasteiger partial charge on any atom is 0.227 e. The number of carbonyl (C=O) groups is 1. The quantitative estimate of drug-likeness (QED) is 0.752. The molecule has 1 saturated carbocycles. The van der Waals surface area contributed by atoms with Crippen molar-refractivity contribution >= 4 is 15.7 Å². The van der Waals surface area contributed by atoms with E-state index in [4.69, 9.17) is 4.42 Å². The predicted molar refractivity (Wildman–Crippen MR) is 96.5 cm³/mol. The summed E-state index contributed by atoms with van der Waals surface area (Å²) in [6.45, 7) is 8.63. The van der Waals surface area contributed by atoms with Gasteiger partial charge in [-0.3, -0.25) is 4.79 Å². The molecule has 0 bridgehead atoms. The van der Waals surface area contributed by atoms with Gasteiger partial charge in [-0.2, -0.15) is 0 Å². The average Bonchev–Trinajstić information content (AvgIpc) is 2.93. The fourth-order valence-corrected chi connectivity index (χ4v) is 5.71. The van der Waals surface area contributed by atoms with Gasteiger partial charge in [-0.1, -0.05) is 25.5 Å². The minimum Gasteiger partial charge on any atom is -0.467 e. The first-order valence-corrected chi connectivity index (χ1v) is 10.6. The van der Waals surface area contributed by atoms with E-state index in [1.54, 1.807) is 17.2 Å². The van der Waals surface area contributed by atoms with E-state index >= 15 is 0 Å². The molecule has 1 aromatic rings. The van der Waals surface area contributed by atoms with E-state index in [1.165, 1.54) is 5.57 Å². The van der Waals surface area contributed by atoms with Gasteiger partial charge in [0.05, 0.1) is 30.2 Å². The number of hydrogen-bond acceptors (Lipinski definition) is 4. The first kappa shape index (κ1) is 18.2. The fraction of sp³-hybridized carbons (Fsp3) is 0.632. The molecular weight excluding hydrogens is 338 g/mol. The lowest BCUT2D eigenvalue weighted by Crippen LogP contribution is -2.42. The van der Waals surface area contributed by atoms with E-state index < -0.39 is 9.84 Å². The summed E-state index contributed by atoms with van der Waals surface area (Å²) in [5.74, 6) is 1.06. The Hall–Kier alpha value is -1.56. The molecule has 1 aliphatic carbocycles. The molecule has 0 aromatic carbocycles. The summed E-state index contributed by atoms with van der Waals surface area (Å²) in [7, 11) is -3.06. The highest BCUT2D eigenvalue weighted by atomic mass is 32.2. The molecule has 1 amide bonds.